The van der Waals surface area contributed by atoms with Crippen LogP contribution in [0.15, 0.2) is 29.3 Å². The number of hydrogen-bond acceptors (Lipinski definition) is 3. The lowest BCUT2D eigenvalue weighted by Gasteiger charge is -2.31. The lowest BCUT2D eigenvalue weighted by Crippen LogP contribution is -2.40. The zero-order valence-corrected chi connectivity index (χ0v) is 16.6. The van der Waals surface area contributed by atoms with E-state index < -0.39 is 0 Å². The van der Waals surface area contributed by atoms with Gasteiger partial charge in [0.05, 0.1) is 13.2 Å². The Morgan fingerprint density at radius 2 is 2.00 bits per heavy atom. The van der Waals surface area contributed by atoms with Gasteiger partial charge in [0, 0.05) is 45.5 Å². The van der Waals surface area contributed by atoms with Crippen LogP contribution in [-0.4, -0.2) is 57.3 Å². The van der Waals surface area contributed by atoms with E-state index in [1.54, 1.807) is 0 Å². The highest BCUT2D eigenvalue weighted by atomic mass is 16.5. The van der Waals surface area contributed by atoms with E-state index in [9.17, 15) is 0 Å². The van der Waals surface area contributed by atoms with E-state index in [0.29, 0.717) is 0 Å². The van der Waals surface area contributed by atoms with Gasteiger partial charge in [0.15, 0.2) is 5.96 Å². The molecule has 5 nitrogen and oxygen atoms in total. The molecule has 2 heterocycles. The van der Waals surface area contributed by atoms with E-state index in [0.717, 1.165) is 63.7 Å². The number of guanidine groups is 1. The van der Waals surface area contributed by atoms with Gasteiger partial charge in [-0.25, -0.2) is 0 Å². The Hall–Kier alpha value is -1.75. The molecule has 1 unspecified atom stereocenters. The third-order valence-electron chi connectivity index (χ3n) is 5.38. The summed E-state index contributed by atoms with van der Waals surface area (Å²) in [6, 6.07) is 8.69. The maximum absolute atomic E-state index is 5.50. The third-order valence-corrected chi connectivity index (χ3v) is 5.38. The van der Waals surface area contributed by atoms with Crippen LogP contribution in [0, 0.1) is 11.8 Å². The smallest absolute Gasteiger partial charge is 0.193 e. The Bertz CT molecular complexity index is 595. The number of benzene rings is 1. The minimum absolute atomic E-state index is 0.773. The van der Waals surface area contributed by atoms with Gasteiger partial charge in [-0.1, -0.05) is 32.0 Å². The summed E-state index contributed by atoms with van der Waals surface area (Å²) < 4.78 is 5.50. The first-order chi connectivity index (χ1) is 12.7. The van der Waals surface area contributed by atoms with Crippen molar-refractivity contribution in [3.8, 4) is 0 Å². The number of hydrogen-bond donors (Lipinski definition) is 1. The number of nitrogens with one attached hydrogen (secondary N) is 1. The summed E-state index contributed by atoms with van der Waals surface area (Å²) in [6.07, 6.45) is 2.59. The highest BCUT2D eigenvalue weighted by molar-refractivity contribution is 5.80. The second-order valence-corrected chi connectivity index (χ2v) is 7.86. The Labute approximate surface area is 158 Å². The first-order valence-electron chi connectivity index (χ1n) is 10.0. The van der Waals surface area contributed by atoms with Crippen molar-refractivity contribution >= 4 is 11.6 Å². The molecule has 2 saturated heterocycles. The first-order valence-corrected chi connectivity index (χ1v) is 10.0. The highest BCUT2D eigenvalue weighted by Gasteiger charge is 2.25. The molecule has 1 atom stereocenters. The standard InChI is InChI=1S/C21H34N4O/c1-17(2)14-18-8-9-25(16-18)21(22-3)23-15-19-6-4-5-7-20(19)24-10-12-26-13-11-24/h4-7,17-18H,8-16H2,1-3H3,(H,22,23). The summed E-state index contributed by atoms with van der Waals surface area (Å²) in [4.78, 5) is 9.39. The number of rotatable bonds is 5. The van der Waals surface area contributed by atoms with Gasteiger partial charge in [-0.05, 0) is 36.3 Å². The average molecular weight is 359 g/mol. The fourth-order valence-corrected chi connectivity index (χ4v) is 4.16. The van der Waals surface area contributed by atoms with E-state index in [-0.39, 0.29) is 0 Å². The van der Waals surface area contributed by atoms with Gasteiger partial charge in [-0.2, -0.15) is 0 Å². The largest absolute Gasteiger partial charge is 0.378 e. The lowest BCUT2D eigenvalue weighted by atomic mass is 9.97. The molecule has 0 bridgehead atoms. The van der Waals surface area contributed by atoms with Gasteiger partial charge in [-0.3, -0.25) is 4.99 Å². The minimum atomic E-state index is 0.773. The van der Waals surface area contributed by atoms with Crippen LogP contribution in [-0.2, 0) is 11.3 Å². The average Bonchev–Trinajstić information content (AvgIpc) is 3.11. The molecule has 0 amide bonds. The molecule has 0 spiro atoms. The summed E-state index contributed by atoms with van der Waals surface area (Å²) in [7, 11) is 1.89. The normalized spacial score (nSPS) is 21.5. The third kappa shape index (κ3) is 4.91. The van der Waals surface area contributed by atoms with Crippen molar-refractivity contribution in [1.82, 2.24) is 10.2 Å². The molecule has 0 aromatic heterocycles. The van der Waals surface area contributed by atoms with E-state index in [2.05, 4.69) is 58.2 Å². The van der Waals surface area contributed by atoms with Crippen LogP contribution in [0.1, 0.15) is 32.3 Å². The van der Waals surface area contributed by atoms with Gasteiger partial charge in [0.2, 0.25) is 0 Å². The van der Waals surface area contributed by atoms with E-state index >= 15 is 0 Å². The molecule has 1 N–H and O–H groups in total. The molecule has 2 aliphatic rings. The van der Waals surface area contributed by atoms with Gasteiger partial charge < -0.3 is 19.9 Å². The lowest BCUT2D eigenvalue weighted by molar-refractivity contribution is 0.122. The summed E-state index contributed by atoms with van der Waals surface area (Å²) in [5.41, 5.74) is 2.64. The number of ether oxygens (including phenoxy) is 1. The summed E-state index contributed by atoms with van der Waals surface area (Å²) >= 11 is 0. The molecular formula is C21H34N4O. The second kappa shape index (κ2) is 9.26. The van der Waals surface area contributed by atoms with Crippen molar-refractivity contribution in [2.75, 3.05) is 51.3 Å². The minimum Gasteiger partial charge on any atom is -0.378 e. The monoisotopic (exact) mass is 358 g/mol. The highest BCUT2D eigenvalue weighted by Crippen LogP contribution is 2.24. The molecule has 144 valence electrons. The molecule has 1 aromatic carbocycles. The van der Waals surface area contributed by atoms with Crippen LogP contribution in [0.4, 0.5) is 5.69 Å². The predicted molar refractivity (Wildman–Crippen MR) is 109 cm³/mol. The Balaban J connectivity index is 1.59. The molecule has 5 heteroatoms. The number of aliphatic imine (C=N–C) groups is 1. The maximum Gasteiger partial charge on any atom is 0.193 e. The maximum atomic E-state index is 5.50. The molecule has 26 heavy (non-hydrogen) atoms. The number of likely N-dealkylation sites (tertiary alicyclic amines) is 1. The van der Waals surface area contributed by atoms with Crippen LogP contribution in [0.3, 0.4) is 0 Å². The molecule has 0 saturated carbocycles. The molecule has 2 fully saturated rings. The van der Waals surface area contributed by atoms with Gasteiger partial charge in [0.1, 0.15) is 0 Å². The van der Waals surface area contributed by atoms with E-state index in [4.69, 9.17) is 4.74 Å². The Morgan fingerprint density at radius 3 is 2.73 bits per heavy atom. The van der Waals surface area contributed by atoms with Crippen molar-refractivity contribution in [1.29, 1.82) is 0 Å². The molecular weight excluding hydrogens is 324 g/mol. The van der Waals surface area contributed by atoms with Crippen LogP contribution < -0.4 is 10.2 Å². The van der Waals surface area contributed by atoms with Crippen molar-refractivity contribution < 1.29 is 4.74 Å². The van der Waals surface area contributed by atoms with Crippen LogP contribution in [0.25, 0.3) is 0 Å². The second-order valence-electron chi connectivity index (χ2n) is 7.86. The summed E-state index contributed by atoms with van der Waals surface area (Å²) in [5, 5.41) is 3.60. The van der Waals surface area contributed by atoms with E-state index in [1.165, 1.54) is 24.1 Å². The SMILES string of the molecule is CN=C(NCc1ccccc1N1CCOCC1)N1CCC(CC(C)C)C1. The zero-order chi connectivity index (χ0) is 18.4. The topological polar surface area (TPSA) is 40.1 Å². The van der Waals surface area contributed by atoms with Crippen molar-refractivity contribution in [2.24, 2.45) is 16.8 Å². The van der Waals surface area contributed by atoms with E-state index in [1.807, 2.05) is 7.05 Å². The first kappa shape index (κ1) is 19.0. The van der Waals surface area contributed by atoms with Gasteiger partial charge in [0.25, 0.3) is 0 Å². The molecule has 2 aliphatic heterocycles. The number of anilines is 1. The predicted octanol–water partition coefficient (Wildman–Crippen LogP) is 2.97. The summed E-state index contributed by atoms with van der Waals surface area (Å²) in [5.74, 6) is 2.61. The summed E-state index contributed by atoms with van der Waals surface area (Å²) in [6.45, 7) is 11.2. The number of para-hydroxylation sites is 1. The fraction of sp³-hybridized carbons (Fsp3) is 0.667. The molecule has 0 aliphatic carbocycles. The number of nitrogens with zero attached hydrogens (tertiary/aromatic N) is 3. The Kier molecular flexibility index (Phi) is 6.78. The molecule has 3 rings (SSSR count). The quantitative estimate of drug-likeness (QED) is 0.649. The van der Waals surface area contributed by atoms with Gasteiger partial charge in [-0.15, -0.1) is 0 Å². The van der Waals surface area contributed by atoms with Crippen LogP contribution in [0.5, 0.6) is 0 Å². The van der Waals surface area contributed by atoms with Crippen LogP contribution in [0.2, 0.25) is 0 Å². The fourth-order valence-electron chi connectivity index (χ4n) is 4.16. The van der Waals surface area contributed by atoms with Crippen molar-refractivity contribution in [2.45, 2.75) is 33.2 Å². The van der Waals surface area contributed by atoms with Crippen LogP contribution >= 0.6 is 0 Å². The molecule has 0 radical (unpaired) electrons. The van der Waals surface area contributed by atoms with Crippen molar-refractivity contribution in [3.05, 3.63) is 29.8 Å². The Morgan fingerprint density at radius 1 is 1.23 bits per heavy atom. The van der Waals surface area contributed by atoms with Crippen molar-refractivity contribution in [3.63, 3.8) is 0 Å². The zero-order valence-electron chi connectivity index (χ0n) is 16.6. The number of morpholine rings is 1. The molecule has 1 aromatic rings. The van der Waals surface area contributed by atoms with Gasteiger partial charge >= 0.3 is 0 Å².